The molecule has 0 atom stereocenters. The highest BCUT2D eigenvalue weighted by atomic mass is 79.9. The zero-order valence-electron chi connectivity index (χ0n) is 11.2. The maximum atomic E-state index is 5.82. The highest BCUT2D eigenvalue weighted by Gasteiger charge is 2.11. The van der Waals surface area contributed by atoms with Crippen molar-refractivity contribution in [3.05, 3.63) is 51.4 Å². The van der Waals surface area contributed by atoms with Crippen molar-refractivity contribution in [1.29, 1.82) is 0 Å². The Kier molecular flexibility index (Phi) is 3.36. The molecule has 0 bridgehead atoms. The van der Waals surface area contributed by atoms with E-state index >= 15 is 0 Å². The summed E-state index contributed by atoms with van der Waals surface area (Å²) < 4.78 is 6.87. The van der Waals surface area contributed by atoms with Crippen molar-refractivity contribution in [3.8, 4) is 0 Å². The van der Waals surface area contributed by atoms with E-state index in [0.29, 0.717) is 11.4 Å². The van der Waals surface area contributed by atoms with Crippen molar-refractivity contribution in [2.45, 2.75) is 0 Å². The van der Waals surface area contributed by atoms with Gasteiger partial charge >= 0.3 is 0 Å². The van der Waals surface area contributed by atoms with Crippen LogP contribution in [0.3, 0.4) is 0 Å². The molecule has 4 aromatic rings. The molecule has 1 aromatic carbocycles. The van der Waals surface area contributed by atoms with Gasteiger partial charge in [0, 0.05) is 20.1 Å². The Morgan fingerprint density at radius 3 is 3.05 bits per heavy atom. The van der Waals surface area contributed by atoms with Gasteiger partial charge in [0.15, 0.2) is 11.4 Å². The van der Waals surface area contributed by atoms with Crippen LogP contribution in [0.25, 0.3) is 22.1 Å². The number of para-hydroxylation sites is 1. The zero-order chi connectivity index (χ0) is 14.9. The Balaban J connectivity index is 1.71. The van der Waals surface area contributed by atoms with Gasteiger partial charge in [0.2, 0.25) is 0 Å². The highest BCUT2D eigenvalue weighted by molar-refractivity contribution is 9.10. The molecule has 7 heteroatoms. The predicted molar refractivity (Wildman–Crippen MR) is 92.5 cm³/mol. The molecular weight excluding hydrogens is 364 g/mol. The van der Waals surface area contributed by atoms with E-state index in [9.17, 15) is 0 Å². The molecule has 5 nitrogen and oxygen atoms in total. The van der Waals surface area contributed by atoms with Crippen LogP contribution in [0.15, 0.2) is 56.0 Å². The van der Waals surface area contributed by atoms with E-state index in [4.69, 9.17) is 4.42 Å². The Bertz CT molecular complexity index is 991. The van der Waals surface area contributed by atoms with Crippen molar-refractivity contribution < 1.29 is 4.42 Å². The average Bonchev–Trinajstić information content (AvgIpc) is 3.11. The van der Waals surface area contributed by atoms with Gasteiger partial charge in [-0.25, -0.2) is 9.97 Å². The van der Waals surface area contributed by atoms with Gasteiger partial charge < -0.3 is 4.42 Å². The molecule has 0 unspecified atom stereocenters. The number of thiophene rings is 1. The summed E-state index contributed by atoms with van der Waals surface area (Å²) in [5, 5.41) is 7.18. The second kappa shape index (κ2) is 5.51. The molecule has 0 saturated carbocycles. The summed E-state index contributed by atoms with van der Waals surface area (Å²) >= 11 is 5.01. The standard InChI is InChI=1S/C15H9BrN4OS/c16-9-5-10(22-7-9)6-19-20-15-14-13(17-8-18-15)11-3-1-2-4-12(11)21-14/h1-8H,(H,17,18,20)/b19-6-. The molecule has 0 fully saturated rings. The molecule has 3 aromatic heterocycles. The summed E-state index contributed by atoms with van der Waals surface area (Å²) in [7, 11) is 0. The lowest BCUT2D eigenvalue weighted by Gasteiger charge is -1.98. The molecule has 3 heterocycles. The van der Waals surface area contributed by atoms with E-state index in [-0.39, 0.29) is 0 Å². The first-order valence-corrected chi connectivity index (χ1v) is 8.14. The minimum atomic E-state index is 0.549. The van der Waals surface area contributed by atoms with Gasteiger partial charge in [-0.3, -0.25) is 5.43 Å². The first-order valence-electron chi connectivity index (χ1n) is 6.46. The number of nitrogens with one attached hydrogen (secondary N) is 1. The van der Waals surface area contributed by atoms with Crippen LogP contribution in [0.2, 0.25) is 0 Å². The second-order valence-electron chi connectivity index (χ2n) is 4.54. The van der Waals surface area contributed by atoms with Crippen LogP contribution in [0.1, 0.15) is 4.88 Å². The molecule has 0 spiro atoms. The van der Waals surface area contributed by atoms with E-state index in [1.54, 1.807) is 17.6 Å². The Labute approximate surface area is 137 Å². The number of benzene rings is 1. The Hall–Kier alpha value is -2.25. The lowest BCUT2D eigenvalue weighted by atomic mass is 10.2. The Morgan fingerprint density at radius 2 is 2.18 bits per heavy atom. The van der Waals surface area contributed by atoms with Crippen LogP contribution >= 0.6 is 27.3 Å². The minimum Gasteiger partial charge on any atom is -0.450 e. The first kappa shape index (κ1) is 13.4. The molecule has 0 aliphatic rings. The molecule has 108 valence electrons. The van der Waals surface area contributed by atoms with E-state index in [0.717, 1.165) is 25.8 Å². The topological polar surface area (TPSA) is 63.3 Å². The molecule has 4 rings (SSSR count). The number of hydrazone groups is 1. The Morgan fingerprint density at radius 1 is 1.27 bits per heavy atom. The number of anilines is 1. The summed E-state index contributed by atoms with van der Waals surface area (Å²) in [4.78, 5) is 9.54. The summed E-state index contributed by atoms with van der Waals surface area (Å²) in [6.07, 6.45) is 3.25. The number of fused-ring (bicyclic) bond motifs is 3. The van der Waals surface area contributed by atoms with Crippen molar-refractivity contribution in [3.63, 3.8) is 0 Å². The maximum absolute atomic E-state index is 5.82. The smallest absolute Gasteiger partial charge is 0.197 e. The first-order chi connectivity index (χ1) is 10.8. The highest BCUT2D eigenvalue weighted by Crippen LogP contribution is 2.30. The van der Waals surface area contributed by atoms with Gasteiger partial charge in [0.25, 0.3) is 0 Å². The minimum absolute atomic E-state index is 0.549. The predicted octanol–water partition coefficient (Wildman–Crippen LogP) is 4.65. The number of hydrogen-bond donors (Lipinski definition) is 1. The van der Waals surface area contributed by atoms with Crippen LogP contribution in [0.5, 0.6) is 0 Å². The van der Waals surface area contributed by atoms with Gasteiger partial charge in [0.1, 0.15) is 17.4 Å². The zero-order valence-corrected chi connectivity index (χ0v) is 13.6. The van der Waals surface area contributed by atoms with Gasteiger partial charge in [-0.05, 0) is 34.1 Å². The summed E-state index contributed by atoms with van der Waals surface area (Å²) in [6, 6.07) is 9.77. The summed E-state index contributed by atoms with van der Waals surface area (Å²) in [5.74, 6) is 0.549. The molecule has 0 amide bonds. The fraction of sp³-hybridized carbons (Fsp3) is 0. The van der Waals surface area contributed by atoms with E-state index < -0.39 is 0 Å². The van der Waals surface area contributed by atoms with Gasteiger partial charge in [-0.2, -0.15) is 5.10 Å². The fourth-order valence-electron chi connectivity index (χ4n) is 2.16. The SMILES string of the molecule is Brc1csc(/C=N\Nc2ncnc3c2oc2ccccc23)c1. The number of halogens is 1. The monoisotopic (exact) mass is 372 g/mol. The third kappa shape index (κ3) is 2.38. The van der Waals surface area contributed by atoms with Crippen LogP contribution in [-0.4, -0.2) is 16.2 Å². The quantitative estimate of drug-likeness (QED) is 0.420. The molecule has 22 heavy (non-hydrogen) atoms. The average molecular weight is 373 g/mol. The lowest BCUT2D eigenvalue weighted by molar-refractivity contribution is 0.667. The van der Waals surface area contributed by atoms with Crippen molar-refractivity contribution in [2.24, 2.45) is 5.10 Å². The fourth-order valence-corrected chi connectivity index (χ4v) is 3.46. The third-order valence-corrected chi connectivity index (χ3v) is 4.74. The molecule has 0 radical (unpaired) electrons. The molecule has 0 aliphatic heterocycles. The van der Waals surface area contributed by atoms with Gasteiger partial charge in [-0.15, -0.1) is 11.3 Å². The van der Waals surface area contributed by atoms with E-state index in [2.05, 4.69) is 36.4 Å². The van der Waals surface area contributed by atoms with Crippen molar-refractivity contribution in [1.82, 2.24) is 9.97 Å². The summed E-state index contributed by atoms with van der Waals surface area (Å²) in [5.41, 5.74) is 5.09. The largest absolute Gasteiger partial charge is 0.450 e. The summed E-state index contributed by atoms with van der Waals surface area (Å²) in [6.45, 7) is 0. The van der Waals surface area contributed by atoms with E-state index in [1.807, 2.05) is 35.7 Å². The number of furan rings is 1. The van der Waals surface area contributed by atoms with Gasteiger partial charge in [0.05, 0.1) is 6.21 Å². The van der Waals surface area contributed by atoms with Gasteiger partial charge in [-0.1, -0.05) is 12.1 Å². The lowest BCUT2D eigenvalue weighted by Crippen LogP contribution is -1.94. The van der Waals surface area contributed by atoms with Crippen molar-refractivity contribution in [2.75, 3.05) is 5.43 Å². The number of nitrogens with zero attached hydrogens (tertiary/aromatic N) is 3. The van der Waals surface area contributed by atoms with E-state index in [1.165, 1.54) is 6.33 Å². The normalized spacial score (nSPS) is 11.7. The third-order valence-electron chi connectivity index (χ3n) is 3.11. The maximum Gasteiger partial charge on any atom is 0.197 e. The van der Waals surface area contributed by atoms with Crippen LogP contribution in [0.4, 0.5) is 5.82 Å². The number of rotatable bonds is 3. The molecule has 0 aliphatic carbocycles. The number of aromatic nitrogens is 2. The second-order valence-corrected chi connectivity index (χ2v) is 6.39. The molecule has 1 N–H and O–H groups in total. The van der Waals surface area contributed by atoms with Crippen LogP contribution in [0, 0.1) is 0 Å². The number of hydrogen-bond acceptors (Lipinski definition) is 6. The molecular formula is C15H9BrN4OS. The van der Waals surface area contributed by atoms with Crippen molar-refractivity contribution >= 4 is 61.4 Å². The molecule has 0 saturated heterocycles. The van der Waals surface area contributed by atoms with Crippen LogP contribution < -0.4 is 5.43 Å². The van der Waals surface area contributed by atoms with Crippen LogP contribution in [-0.2, 0) is 0 Å².